The number of hydrogen-bond acceptors (Lipinski definition) is 2. The molecule has 1 aromatic heterocycles. The van der Waals surface area contributed by atoms with Crippen molar-refractivity contribution in [2.45, 2.75) is 19.4 Å². The fourth-order valence-electron chi connectivity index (χ4n) is 1.68. The Balaban J connectivity index is 1.98. The first-order valence-corrected chi connectivity index (χ1v) is 6.44. The summed E-state index contributed by atoms with van der Waals surface area (Å²) in [6.07, 6.45) is 5.59. The van der Waals surface area contributed by atoms with Crippen molar-refractivity contribution in [1.29, 1.82) is 0 Å². The first-order valence-electron chi connectivity index (χ1n) is 5.64. The number of halogens is 1. The monoisotopic (exact) mass is 294 g/mol. The SMILES string of the molecule is OCCCc1cnn(Cc2ccc(Br)cc2)c1. The minimum absolute atomic E-state index is 0.234. The normalized spacial score (nSPS) is 10.7. The average Bonchev–Trinajstić information content (AvgIpc) is 2.77. The van der Waals surface area contributed by atoms with E-state index >= 15 is 0 Å². The van der Waals surface area contributed by atoms with Crippen LogP contribution in [0.5, 0.6) is 0 Å². The number of aliphatic hydroxyl groups is 1. The predicted octanol–water partition coefficient (Wildman–Crippen LogP) is 2.62. The first-order chi connectivity index (χ1) is 8.28. The number of aryl methyl sites for hydroxylation is 1. The molecule has 17 heavy (non-hydrogen) atoms. The molecule has 1 N–H and O–H groups in total. The summed E-state index contributed by atoms with van der Waals surface area (Å²) >= 11 is 3.42. The van der Waals surface area contributed by atoms with Crippen LogP contribution in [-0.4, -0.2) is 21.5 Å². The van der Waals surface area contributed by atoms with E-state index in [0.717, 1.165) is 23.9 Å². The molecule has 4 heteroatoms. The van der Waals surface area contributed by atoms with Crippen LogP contribution in [0.1, 0.15) is 17.5 Å². The van der Waals surface area contributed by atoms with E-state index < -0.39 is 0 Å². The molecule has 0 aliphatic carbocycles. The van der Waals surface area contributed by atoms with Gasteiger partial charge in [-0.25, -0.2) is 0 Å². The number of rotatable bonds is 5. The predicted molar refractivity (Wildman–Crippen MR) is 70.9 cm³/mol. The van der Waals surface area contributed by atoms with Crippen LogP contribution in [0.2, 0.25) is 0 Å². The quantitative estimate of drug-likeness (QED) is 0.921. The summed E-state index contributed by atoms with van der Waals surface area (Å²) in [5.74, 6) is 0. The molecule has 0 saturated heterocycles. The molecule has 2 aromatic rings. The molecular formula is C13H15BrN2O. The maximum Gasteiger partial charge on any atom is 0.0659 e. The molecule has 2 rings (SSSR count). The number of hydrogen-bond donors (Lipinski definition) is 1. The van der Waals surface area contributed by atoms with Crippen molar-refractivity contribution in [2.75, 3.05) is 6.61 Å². The zero-order valence-corrected chi connectivity index (χ0v) is 11.1. The lowest BCUT2D eigenvalue weighted by Crippen LogP contribution is -1.99. The van der Waals surface area contributed by atoms with E-state index in [0.29, 0.717) is 0 Å². The van der Waals surface area contributed by atoms with Crippen molar-refractivity contribution in [3.05, 3.63) is 52.3 Å². The van der Waals surface area contributed by atoms with Gasteiger partial charge in [-0.05, 0) is 36.1 Å². The number of aromatic nitrogens is 2. The molecule has 0 fully saturated rings. The Bertz CT molecular complexity index is 465. The van der Waals surface area contributed by atoms with Crippen molar-refractivity contribution in [3.63, 3.8) is 0 Å². The van der Waals surface area contributed by atoms with Crippen molar-refractivity contribution in [2.24, 2.45) is 0 Å². The van der Waals surface area contributed by atoms with Gasteiger partial charge in [0.1, 0.15) is 0 Å². The van der Waals surface area contributed by atoms with E-state index in [1.54, 1.807) is 0 Å². The smallest absolute Gasteiger partial charge is 0.0659 e. The van der Waals surface area contributed by atoms with Crippen LogP contribution in [0.4, 0.5) is 0 Å². The summed E-state index contributed by atoms with van der Waals surface area (Å²) in [4.78, 5) is 0. The van der Waals surface area contributed by atoms with Gasteiger partial charge in [-0.15, -0.1) is 0 Å². The van der Waals surface area contributed by atoms with Gasteiger partial charge in [-0.3, -0.25) is 4.68 Å². The van der Waals surface area contributed by atoms with E-state index in [2.05, 4.69) is 33.2 Å². The topological polar surface area (TPSA) is 38.1 Å². The Morgan fingerprint density at radius 1 is 1.18 bits per heavy atom. The second kappa shape index (κ2) is 5.98. The van der Waals surface area contributed by atoms with Crippen molar-refractivity contribution in [1.82, 2.24) is 9.78 Å². The van der Waals surface area contributed by atoms with Gasteiger partial charge in [0.15, 0.2) is 0 Å². The maximum absolute atomic E-state index is 8.76. The molecule has 0 aliphatic rings. The van der Waals surface area contributed by atoms with Gasteiger partial charge < -0.3 is 5.11 Å². The highest BCUT2D eigenvalue weighted by Crippen LogP contribution is 2.11. The second-order valence-electron chi connectivity index (χ2n) is 4.00. The largest absolute Gasteiger partial charge is 0.396 e. The Labute approximate surface area is 109 Å². The molecule has 90 valence electrons. The highest BCUT2D eigenvalue weighted by molar-refractivity contribution is 9.10. The van der Waals surface area contributed by atoms with Gasteiger partial charge in [0.05, 0.1) is 12.7 Å². The standard InChI is InChI=1S/C13H15BrN2O/c14-13-5-3-11(4-6-13)9-16-10-12(8-15-16)2-1-7-17/h3-6,8,10,17H,1-2,7,9H2. The van der Waals surface area contributed by atoms with Crippen molar-refractivity contribution < 1.29 is 5.11 Å². The van der Waals surface area contributed by atoms with Crippen molar-refractivity contribution in [3.8, 4) is 0 Å². The van der Waals surface area contributed by atoms with Crippen LogP contribution in [0.15, 0.2) is 41.1 Å². The minimum atomic E-state index is 0.234. The number of aliphatic hydroxyl groups excluding tert-OH is 1. The molecule has 0 atom stereocenters. The van der Waals surface area contributed by atoms with Crippen LogP contribution in [0.3, 0.4) is 0 Å². The Morgan fingerprint density at radius 3 is 2.65 bits per heavy atom. The summed E-state index contributed by atoms with van der Waals surface area (Å²) in [7, 11) is 0. The first kappa shape index (κ1) is 12.3. The summed E-state index contributed by atoms with van der Waals surface area (Å²) in [6.45, 7) is 1.02. The van der Waals surface area contributed by atoms with E-state index in [4.69, 9.17) is 5.11 Å². The lowest BCUT2D eigenvalue weighted by Gasteiger charge is -2.01. The van der Waals surface area contributed by atoms with Gasteiger partial charge in [-0.2, -0.15) is 5.10 Å². The van der Waals surface area contributed by atoms with Gasteiger partial charge >= 0.3 is 0 Å². The highest BCUT2D eigenvalue weighted by Gasteiger charge is 1.99. The zero-order valence-electron chi connectivity index (χ0n) is 9.51. The average molecular weight is 295 g/mol. The Morgan fingerprint density at radius 2 is 1.94 bits per heavy atom. The molecule has 0 spiro atoms. The molecule has 0 saturated carbocycles. The van der Waals surface area contributed by atoms with Crippen LogP contribution in [0.25, 0.3) is 0 Å². The van der Waals surface area contributed by atoms with Crippen LogP contribution in [0, 0.1) is 0 Å². The summed E-state index contributed by atoms with van der Waals surface area (Å²) in [5, 5.41) is 13.1. The van der Waals surface area contributed by atoms with E-state index in [9.17, 15) is 0 Å². The highest BCUT2D eigenvalue weighted by atomic mass is 79.9. The molecule has 3 nitrogen and oxygen atoms in total. The summed E-state index contributed by atoms with van der Waals surface area (Å²) in [5.41, 5.74) is 2.40. The molecule has 0 amide bonds. The third-order valence-electron chi connectivity index (χ3n) is 2.57. The van der Waals surface area contributed by atoms with Crippen LogP contribution < -0.4 is 0 Å². The minimum Gasteiger partial charge on any atom is -0.396 e. The Kier molecular flexibility index (Phi) is 4.34. The second-order valence-corrected chi connectivity index (χ2v) is 4.92. The number of benzene rings is 1. The van der Waals surface area contributed by atoms with E-state index in [-0.39, 0.29) is 6.61 Å². The molecule has 0 aliphatic heterocycles. The molecule has 0 radical (unpaired) electrons. The lowest BCUT2D eigenvalue weighted by molar-refractivity contribution is 0.288. The summed E-state index contributed by atoms with van der Waals surface area (Å²) in [6, 6.07) is 8.23. The molecule has 0 unspecified atom stereocenters. The van der Waals surface area contributed by atoms with Crippen LogP contribution >= 0.6 is 15.9 Å². The van der Waals surface area contributed by atoms with Crippen LogP contribution in [-0.2, 0) is 13.0 Å². The summed E-state index contributed by atoms with van der Waals surface area (Å²) < 4.78 is 3.01. The van der Waals surface area contributed by atoms with E-state index in [1.807, 2.05) is 29.2 Å². The lowest BCUT2D eigenvalue weighted by atomic mass is 10.2. The molecule has 1 heterocycles. The van der Waals surface area contributed by atoms with Gasteiger partial charge in [0, 0.05) is 17.3 Å². The molecule has 1 aromatic carbocycles. The van der Waals surface area contributed by atoms with Gasteiger partial charge in [0.25, 0.3) is 0 Å². The van der Waals surface area contributed by atoms with Gasteiger partial charge in [0.2, 0.25) is 0 Å². The zero-order chi connectivity index (χ0) is 12.1. The molecule has 0 bridgehead atoms. The fraction of sp³-hybridized carbons (Fsp3) is 0.308. The third kappa shape index (κ3) is 3.68. The van der Waals surface area contributed by atoms with Gasteiger partial charge in [-0.1, -0.05) is 28.1 Å². The third-order valence-corrected chi connectivity index (χ3v) is 3.10. The number of nitrogens with zero attached hydrogens (tertiary/aromatic N) is 2. The maximum atomic E-state index is 8.76. The molecular weight excluding hydrogens is 280 g/mol. The fourth-order valence-corrected chi connectivity index (χ4v) is 1.95. The van der Waals surface area contributed by atoms with Crippen molar-refractivity contribution >= 4 is 15.9 Å². The Hall–Kier alpha value is -1.13. The van der Waals surface area contributed by atoms with E-state index in [1.165, 1.54) is 11.1 Å².